The molecule has 0 N–H and O–H groups in total. The largest absolute Gasteiger partial charge is 0.756 e. The molecule has 3 unspecified atom stereocenters. The molecule has 9 nitrogen and oxygen atoms in total. The predicted octanol–water partition coefficient (Wildman–Crippen LogP) is 12.7. The fourth-order valence-electron chi connectivity index (χ4n) is 6.54. The van der Waals surface area contributed by atoms with Crippen molar-refractivity contribution < 1.29 is 42.1 Å². The molecule has 0 rings (SSSR count). The van der Waals surface area contributed by atoms with E-state index in [1.54, 1.807) is 6.26 Å². The highest BCUT2D eigenvalue weighted by Gasteiger charge is 2.21. The molecule has 0 amide bonds. The van der Waals surface area contributed by atoms with E-state index in [4.69, 9.17) is 19.6 Å². The van der Waals surface area contributed by atoms with Crippen LogP contribution in [0.25, 0.3) is 0 Å². The van der Waals surface area contributed by atoms with Gasteiger partial charge < -0.3 is 27.9 Å². The van der Waals surface area contributed by atoms with E-state index >= 15 is 0 Å². The fraction of sp³-hybridized carbons (Fsp3) is 0.956. The van der Waals surface area contributed by atoms with Crippen molar-refractivity contribution in [2.75, 3.05) is 53.8 Å². The van der Waals surface area contributed by atoms with E-state index in [0.717, 1.165) is 32.1 Å². The number of ether oxygens (including phenoxy) is 2. The lowest BCUT2D eigenvalue weighted by molar-refractivity contribution is -0.870. The highest BCUT2D eigenvalue weighted by molar-refractivity contribution is 8.01. The molecular formula is C45H93NO8P2S. The molecule has 0 spiro atoms. The molecule has 0 bridgehead atoms. The summed E-state index contributed by atoms with van der Waals surface area (Å²) in [6.45, 7) is 4.27. The van der Waals surface area contributed by atoms with Gasteiger partial charge in [-0.3, -0.25) is 14.2 Å². The third-order valence-electron chi connectivity index (χ3n) is 10.1. The molecule has 0 radical (unpaired) electrons. The Morgan fingerprint density at radius 3 is 1.25 bits per heavy atom. The molecule has 0 fully saturated rings. The summed E-state index contributed by atoms with van der Waals surface area (Å²) in [6.07, 6.45) is 38.7. The van der Waals surface area contributed by atoms with Crippen molar-refractivity contribution in [3.63, 3.8) is 0 Å². The maximum absolute atomic E-state index is 12.7. The Morgan fingerprint density at radius 1 is 0.596 bits per heavy atom. The molecule has 0 aromatic rings. The van der Waals surface area contributed by atoms with E-state index in [0.29, 0.717) is 17.4 Å². The van der Waals surface area contributed by atoms with Gasteiger partial charge in [-0.05, 0) is 19.1 Å². The maximum atomic E-state index is 12.7. The summed E-state index contributed by atoms with van der Waals surface area (Å²) in [5, 5.41) is 0. The highest BCUT2D eigenvalue weighted by Crippen LogP contribution is 2.38. The smallest absolute Gasteiger partial charge is 0.306 e. The minimum absolute atomic E-state index is 0.0256. The summed E-state index contributed by atoms with van der Waals surface area (Å²) < 4.78 is 40.5. The lowest BCUT2D eigenvalue weighted by Crippen LogP contribution is -2.37. The van der Waals surface area contributed by atoms with Crippen molar-refractivity contribution in [3.8, 4) is 0 Å². The van der Waals surface area contributed by atoms with Gasteiger partial charge in [-0.25, -0.2) is 0 Å². The number of thiol groups is 1. The van der Waals surface area contributed by atoms with Crippen molar-refractivity contribution in [1.29, 1.82) is 1.12 Å². The number of likely N-dealkylation sites (N-methyl/N-ethyl adjacent to an activating group) is 1. The first-order valence-corrected chi connectivity index (χ1v) is 27.3. The van der Waals surface area contributed by atoms with Crippen LogP contribution in [0.2, 0.25) is 0 Å². The van der Waals surface area contributed by atoms with E-state index in [1.165, 1.54) is 154 Å². The van der Waals surface area contributed by atoms with Gasteiger partial charge in [0.15, 0.2) is 6.10 Å². The minimum atomic E-state index is -4.62. The van der Waals surface area contributed by atoms with Crippen LogP contribution in [-0.2, 0) is 43.5 Å². The number of nitrogens with zero attached hydrogens (tertiary/aromatic N) is 1. The Kier molecular flexibility index (Phi) is 43.5. The second-order valence-corrected chi connectivity index (χ2v) is 20.0. The van der Waals surface area contributed by atoms with Gasteiger partial charge in [0.25, 0.3) is 7.82 Å². The van der Waals surface area contributed by atoms with Crippen LogP contribution in [0, 0.1) is 0 Å². The number of rotatable bonds is 42. The molecule has 0 aliphatic rings. The summed E-state index contributed by atoms with van der Waals surface area (Å²) in [4.78, 5) is 37.5. The number of carbonyl (C=O) groups is 2. The van der Waals surface area contributed by atoms with Gasteiger partial charge in [-0.15, -0.1) is 0 Å². The lowest BCUT2D eigenvalue weighted by atomic mass is 10.0. The number of carbonyl (C=O) groups excluding carboxylic acids is 2. The van der Waals surface area contributed by atoms with Crippen LogP contribution < -0.4 is 4.89 Å². The average molecular weight is 871 g/mol. The Bertz CT molecular complexity index is 1000. The van der Waals surface area contributed by atoms with Gasteiger partial charge in [-0.2, -0.15) is 10.8 Å². The molecule has 12 heteroatoms. The zero-order chi connectivity index (χ0) is 43.6. The van der Waals surface area contributed by atoms with Crippen LogP contribution in [0.15, 0.2) is 0 Å². The van der Waals surface area contributed by atoms with Crippen LogP contribution in [0.3, 0.4) is 0 Å². The number of quaternary nitrogens is 1. The molecule has 0 saturated heterocycles. The van der Waals surface area contributed by atoms with E-state index in [-0.39, 0.29) is 42.9 Å². The maximum Gasteiger partial charge on any atom is 0.306 e. The molecule has 0 aliphatic carbocycles. The fourth-order valence-corrected chi connectivity index (χ4v) is 7.27. The first-order valence-electron chi connectivity index (χ1n) is 23.8. The van der Waals surface area contributed by atoms with Crippen molar-refractivity contribution in [3.05, 3.63) is 0 Å². The number of hydrogen-bond acceptors (Lipinski definition) is 8. The van der Waals surface area contributed by atoms with Gasteiger partial charge in [0.2, 0.25) is 0 Å². The van der Waals surface area contributed by atoms with Gasteiger partial charge in [0, 0.05) is 12.8 Å². The zero-order valence-electron chi connectivity index (χ0n) is 39.1. The molecule has 57 heavy (non-hydrogen) atoms. The van der Waals surface area contributed by atoms with E-state index in [9.17, 15) is 19.0 Å². The highest BCUT2D eigenvalue weighted by atomic mass is 32.5. The van der Waals surface area contributed by atoms with Crippen LogP contribution in [0.4, 0.5) is 0 Å². The average Bonchev–Trinajstić information content (AvgIpc) is 3.15. The topological polar surface area (TPSA) is 111 Å². The van der Waals surface area contributed by atoms with Crippen molar-refractivity contribution in [2.24, 2.45) is 0 Å². The van der Waals surface area contributed by atoms with Crippen LogP contribution in [0.1, 0.15) is 219 Å². The molecule has 0 aliphatic heterocycles. The van der Waals surface area contributed by atoms with Crippen LogP contribution in [-0.4, -0.2) is 77.4 Å². The summed E-state index contributed by atoms with van der Waals surface area (Å²) >= 11 is 0. The monoisotopic (exact) mass is 871 g/mol. The first kappa shape index (κ1) is 56.7. The number of phosphoric ester groups is 1. The molecule has 0 saturated carbocycles. The second kappa shape index (κ2) is 43.7. The van der Waals surface area contributed by atoms with Gasteiger partial charge in [0.05, 0.1) is 27.7 Å². The molecular weight excluding hydrogens is 777 g/mol. The Hall–Kier alpha value is -0.340. The summed E-state index contributed by atoms with van der Waals surface area (Å²) in [5.74, 6) is -0.818. The molecule has 0 heterocycles. The summed E-state index contributed by atoms with van der Waals surface area (Å²) in [5.41, 5.74) is 0. The minimum Gasteiger partial charge on any atom is -0.756 e. The Morgan fingerprint density at radius 2 is 0.912 bits per heavy atom. The van der Waals surface area contributed by atoms with Gasteiger partial charge in [-0.1, -0.05) is 202 Å². The predicted molar refractivity (Wildman–Crippen MR) is 245 cm³/mol. The van der Waals surface area contributed by atoms with E-state index < -0.39 is 26.5 Å². The summed E-state index contributed by atoms with van der Waals surface area (Å²) in [7, 11) is 3.88. The number of esters is 2. The quantitative estimate of drug-likeness (QED) is 0.0212. The number of phosphoric acid groups is 1. The van der Waals surface area contributed by atoms with Crippen LogP contribution in [0.5, 0.6) is 0 Å². The molecule has 342 valence electrons. The zero-order valence-corrected chi connectivity index (χ0v) is 40.8. The van der Waals surface area contributed by atoms with Gasteiger partial charge >= 0.3 is 11.9 Å². The standard InChI is InChI=1S/C44H88NO8P.CH5PS/c1-6-8-10-12-14-16-18-20-22-24-26-28-30-32-34-36-43(46)50-40-42(41-52-54(48,49)51-39-38-45(3,4)5)53-44(47)37-35-33-31-29-27-25-23-21-19-17-15-13-11-9-7-2;1-3-2/h42H,6-41H2,1-5H3;2-3H,1H3/i;3D. The van der Waals surface area contributed by atoms with Crippen LogP contribution >= 0.6 is 15.8 Å². The van der Waals surface area contributed by atoms with Crippen molar-refractivity contribution >= 4 is 38.6 Å². The SMILES string of the molecule is CCCCCCCCCCCCCCCCCC(=O)OCC(COP(=O)([O-])OCC[N+](C)(C)C)OC(=O)CCCCCCCCCCCCCCCCC.[2H]S(C)=P. The first-order chi connectivity index (χ1) is 27.7. The van der Waals surface area contributed by atoms with Gasteiger partial charge in [0.1, 0.15) is 20.9 Å². The number of unbranched alkanes of at least 4 members (excludes halogenated alkanes) is 28. The Balaban J connectivity index is 0. The summed E-state index contributed by atoms with van der Waals surface area (Å²) in [6, 6.07) is 0. The van der Waals surface area contributed by atoms with Crippen molar-refractivity contribution in [1.82, 2.24) is 0 Å². The lowest BCUT2D eigenvalue weighted by Gasteiger charge is -2.28. The van der Waals surface area contributed by atoms with Crippen molar-refractivity contribution in [2.45, 2.75) is 225 Å². The van der Waals surface area contributed by atoms with E-state index in [2.05, 4.69) is 21.9 Å². The normalized spacial score (nSPS) is 13.9. The molecule has 0 aromatic carbocycles. The van der Waals surface area contributed by atoms with E-state index in [1.807, 2.05) is 21.1 Å². The second-order valence-electron chi connectivity index (χ2n) is 17.0. The Labute approximate surface area is 359 Å². The third-order valence-corrected chi connectivity index (χ3v) is 11.1. The molecule has 3 atom stereocenters. The number of hydrogen-bond donors (Lipinski definition) is 1. The molecule has 0 aromatic heterocycles. The third kappa shape index (κ3) is 49.9.